The molecule has 3 rings (SSSR count). The number of hydrogen-bond donors (Lipinski definition) is 1. The van der Waals surface area contributed by atoms with E-state index in [1.54, 1.807) is 0 Å². The highest BCUT2D eigenvalue weighted by Gasteiger charge is 2.38. The molecule has 2 atom stereocenters. The number of nitrogens with one attached hydrogen (secondary N) is 1. The Balaban J connectivity index is 1.50. The molecule has 2 fully saturated rings. The Morgan fingerprint density at radius 3 is 2.38 bits per heavy atom. The van der Waals surface area contributed by atoms with Crippen molar-refractivity contribution in [1.29, 1.82) is 0 Å². The molecule has 0 aliphatic carbocycles. The number of amides is 1. The minimum Gasteiger partial charge on any atom is -0.492 e. The second-order valence-corrected chi connectivity index (χ2v) is 6.79. The van der Waals surface area contributed by atoms with Gasteiger partial charge in [-0.05, 0) is 49.2 Å². The Hall–Kier alpha value is -1.59. The zero-order valence-corrected chi connectivity index (χ0v) is 14.8. The molecule has 0 saturated carbocycles. The van der Waals surface area contributed by atoms with Crippen LogP contribution in [-0.2, 0) is 0 Å². The van der Waals surface area contributed by atoms with Crippen LogP contribution in [-0.4, -0.2) is 68.1 Å². The monoisotopic (exact) mass is 331 g/mol. The van der Waals surface area contributed by atoms with Crippen molar-refractivity contribution in [3.8, 4) is 5.75 Å². The third kappa shape index (κ3) is 3.90. The van der Waals surface area contributed by atoms with Crippen LogP contribution >= 0.6 is 0 Å². The molecule has 0 spiro atoms. The molecule has 0 bridgehead atoms. The Bertz CT molecular complexity index is 530. The maximum atomic E-state index is 12.6. The van der Waals surface area contributed by atoms with Gasteiger partial charge in [-0.2, -0.15) is 0 Å². The molecule has 1 N–H and O–H groups in total. The normalized spacial score (nSPS) is 22.9. The van der Waals surface area contributed by atoms with Gasteiger partial charge >= 0.3 is 0 Å². The first-order valence-corrected chi connectivity index (χ1v) is 9.16. The van der Waals surface area contributed by atoms with Crippen LogP contribution < -0.4 is 10.1 Å². The van der Waals surface area contributed by atoms with Gasteiger partial charge in [0.05, 0.1) is 0 Å². The Morgan fingerprint density at radius 1 is 1.17 bits per heavy atom. The van der Waals surface area contributed by atoms with Gasteiger partial charge in [0.1, 0.15) is 12.4 Å². The standard InChI is InChI=1S/C19H29N3O2/c1-3-21(4-2)9-10-24-18-7-5-15(6-8-18)19(23)22-13-16-11-20-12-17(16)14-22/h5-8,16-17,20H,3-4,9-14H2,1-2H3/t16-,17+. The maximum absolute atomic E-state index is 12.6. The number of rotatable bonds is 7. The van der Waals surface area contributed by atoms with Crippen molar-refractivity contribution >= 4 is 5.91 Å². The maximum Gasteiger partial charge on any atom is 0.253 e. The van der Waals surface area contributed by atoms with Gasteiger partial charge in [-0.15, -0.1) is 0 Å². The molecular formula is C19H29N3O2. The minimum absolute atomic E-state index is 0.152. The number of nitrogens with zero attached hydrogens (tertiary/aromatic N) is 2. The van der Waals surface area contributed by atoms with Gasteiger partial charge in [0.25, 0.3) is 5.91 Å². The molecule has 0 aromatic heterocycles. The van der Waals surface area contributed by atoms with E-state index in [4.69, 9.17) is 4.74 Å². The highest BCUT2D eigenvalue weighted by molar-refractivity contribution is 5.94. The average Bonchev–Trinajstić information content (AvgIpc) is 3.20. The van der Waals surface area contributed by atoms with E-state index < -0.39 is 0 Å². The lowest BCUT2D eigenvalue weighted by Gasteiger charge is -2.19. The zero-order valence-electron chi connectivity index (χ0n) is 14.8. The van der Waals surface area contributed by atoms with Crippen molar-refractivity contribution in [3.05, 3.63) is 29.8 Å². The Kier molecular flexibility index (Phi) is 5.74. The molecule has 0 radical (unpaired) electrons. The fourth-order valence-electron chi connectivity index (χ4n) is 3.73. The predicted molar refractivity (Wildman–Crippen MR) is 95.5 cm³/mol. The molecule has 2 saturated heterocycles. The van der Waals surface area contributed by atoms with Crippen molar-refractivity contribution in [2.45, 2.75) is 13.8 Å². The van der Waals surface area contributed by atoms with E-state index >= 15 is 0 Å². The van der Waals surface area contributed by atoms with Gasteiger partial charge in [0.15, 0.2) is 0 Å². The zero-order chi connectivity index (χ0) is 16.9. The number of fused-ring (bicyclic) bond motifs is 1. The van der Waals surface area contributed by atoms with Gasteiger partial charge in [0.2, 0.25) is 0 Å². The summed E-state index contributed by atoms with van der Waals surface area (Å²) in [7, 11) is 0. The molecule has 5 heteroatoms. The number of ether oxygens (including phenoxy) is 1. The molecule has 2 heterocycles. The largest absolute Gasteiger partial charge is 0.492 e. The highest BCUT2D eigenvalue weighted by Crippen LogP contribution is 2.27. The molecule has 2 aliphatic rings. The SMILES string of the molecule is CCN(CC)CCOc1ccc(C(=O)N2C[C@H]3CNC[C@H]3C2)cc1. The molecule has 1 amide bonds. The number of likely N-dealkylation sites (tertiary alicyclic amines) is 1. The van der Waals surface area contributed by atoms with Crippen LogP contribution in [0.4, 0.5) is 0 Å². The second kappa shape index (κ2) is 7.99. The topological polar surface area (TPSA) is 44.8 Å². The van der Waals surface area contributed by atoms with Gasteiger partial charge < -0.3 is 19.9 Å². The first-order chi connectivity index (χ1) is 11.7. The van der Waals surface area contributed by atoms with Crippen LogP contribution in [0.25, 0.3) is 0 Å². The number of likely N-dealkylation sites (N-methyl/N-ethyl adjacent to an activating group) is 1. The van der Waals surface area contributed by atoms with E-state index in [0.29, 0.717) is 18.4 Å². The third-order valence-corrected chi connectivity index (χ3v) is 5.35. The summed E-state index contributed by atoms with van der Waals surface area (Å²) in [5, 5.41) is 3.41. The summed E-state index contributed by atoms with van der Waals surface area (Å²) in [6, 6.07) is 7.60. The predicted octanol–water partition coefficient (Wildman–Crippen LogP) is 1.70. The molecule has 1 aromatic rings. The van der Waals surface area contributed by atoms with E-state index in [1.165, 1.54) is 0 Å². The first-order valence-electron chi connectivity index (χ1n) is 9.16. The van der Waals surface area contributed by atoms with Crippen molar-refractivity contribution < 1.29 is 9.53 Å². The van der Waals surface area contributed by atoms with E-state index in [1.807, 2.05) is 29.2 Å². The first kappa shape index (κ1) is 17.2. The lowest BCUT2D eigenvalue weighted by Crippen LogP contribution is -2.31. The summed E-state index contributed by atoms with van der Waals surface area (Å²) in [6.07, 6.45) is 0. The van der Waals surface area contributed by atoms with Crippen LogP contribution in [0.3, 0.4) is 0 Å². The fraction of sp³-hybridized carbons (Fsp3) is 0.632. The molecule has 2 aliphatic heterocycles. The van der Waals surface area contributed by atoms with Crippen LogP contribution in [0.1, 0.15) is 24.2 Å². The second-order valence-electron chi connectivity index (χ2n) is 6.79. The molecule has 132 valence electrons. The fourth-order valence-corrected chi connectivity index (χ4v) is 3.73. The van der Waals surface area contributed by atoms with Crippen LogP contribution in [0.5, 0.6) is 5.75 Å². The number of carbonyl (C=O) groups excluding carboxylic acids is 1. The van der Waals surface area contributed by atoms with Gasteiger partial charge in [-0.1, -0.05) is 13.8 Å². The van der Waals surface area contributed by atoms with Crippen molar-refractivity contribution in [3.63, 3.8) is 0 Å². The summed E-state index contributed by atoms with van der Waals surface area (Å²) >= 11 is 0. The summed E-state index contributed by atoms with van der Waals surface area (Å²) < 4.78 is 5.79. The summed E-state index contributed by atoms with van der Waals surface area (Å²) in [5.74, 6) is 2.26. The molecule has 24 heavy (non-hydrogen) atoms. The Morgan fingerprint density at radius 2 is 1.79 bits per heavy atom. The quantitative estimate of drug-likeness (QED) is 0.826. The molecular weight excluding hydrogens is 302 g/mol. The number of benzene rings is 1. The smallest absolute Gasteiger partial charge is 0.253 e. The lowest BCUT2D eigenvalue weighted by atomic mass is 10.0. The van der Waals surface area contributed by atoms with Crippen molar-refractivity contribution in [2.24, 2.45) is 11.8 Å². The molecule has 0 unspecified atom stereocenters. The molecule has 1 aromatic carbocycles. The Labute approximate surface area is 145 Å². The average molecular weight is 331 g/mol. The van der Waals surface area contributed by atoms with E-state index in [2.05, 4.69) is 24.1 Å². The number of hydrogen-bond acceptors (Lipinski definition) is 4. The minimum atomic E-state index is 0.152. The van der Waals surface area contributed by atoms with E-state index in [-0.39, 0.29) is 5.91 Å². The summed E-state index contributed by atoms with van der Waals surface area (Å²) in [5.41, 5.74) is 0.763. The van der Waals surface area contributed by atoms with E-state index in [0.717, 1.165) is 57.1 Å². The van der Waals surface area contributed by atoms with Crippen LogP contribution in [0, 0.1) is 11.8 Å². The highest BCUT2D eigenvalue weighted by atomic mass is 16.5. The van der Waals surface area contributed by atoms with Crippen LogP contribution in [0.15, 0.2) is 24.3 Å². The summed E-state index contributed by atoms with van der Waals surface area (Å²) in [4.78, 5) is 17.0. The van der Waals surface area contributed by atoms with Gasteiger partial charge in [0, 0.05) is 38.3 Å². The number of carbonyl (C=O) groups is 1. The van der Waals surface area contributed by atoms with Crippen molar-refractivity contribution in [2.75, 3.05) is 52.4 Å². The van der Waals surface area contributed by atoms with Crippen LogP contribution in [0.2, 0.25) is 0 Å². The van der Waals surface area contributed by atoms with Gasteiger partial charge in [-0.25, -0.2) is 0 Å². The lowest BCUT2D eigenvalue weighted by molar-refractivity contribution is 0.0781. The van der Waals surface area contributed by atoms with E-state index in [9.17, 15) is 4.79 Å². The van der Waals surface area contributed by atoms with Crippen molar-refractivity contribution in [1.82, 2.24) is 15.1 Å². The molecule has 5 nitrogen and oxygen atoms in total. The summed E-state index contributed by atoms with van der Waals surface area (Å²) in [6.45, 7) is 11.9. The van der Waals surface area contributed by atoms with Gasteiger partial charge in [-0.3, -0.25) is 4.79 Å². The third-order valence-electron chi connectivity index (χ3n) is 5.35.